The predicted octanol–water partition coefficient (Wildman–Crippen LogP) is 4.40. The SMILES string of the molecule is CC(C)CCCCCCC/C=C/CC(=O)O. The van der Waals surface area contributed by atoms with Gasteiger partial charge in [0.1, 0.15) is 0 Å². The summed E-state index contributed by atoms with van der Waals surface area (Å²) >= 11 is 0. The van der Waals surface area contributed by atoms with Gasteiger partial charge in [-0.15, -0.1) is 0 Å². The van der Waals surface area contributed by atoms with E-state index in [9.17, 15) is 4.79 Å². The molecule has 16 heavy (non-hydrogen) atoms. The molecule has 0 aromatic heterocycles. The smallest absolute Gasteiger partial charge is 0.307 e. The van der Waals surface area contributed by atoms with Gasteiger partial charge in [0.25, 0.3) is 0 Å². The number of carboxylic acid groups (broad SMARTS) is 1. The van der Waals surface area contributed by atoms with Crippen molar-refractivity contribution >= 4 is 5.97 Å². The van der Waals surface area contributed by atoms with Crippen molar-refractivity contribution < 1.29 is 9.90 Å². The second-order valence-corrected chi connectivity index (χ2v) is 4.81. The van der Waals surface area contributed by atoms with Crippen molar-refractivity contribution in [1.29, 1.82) is 0 Å². The second-order valence-electron chi connectivity index (χ2n) is 4.81. The fraction of sp³-hybridized carbons (Fsp3) is 0.786. The van der Waals surface area contributed by atoms with E-state index in [1.807, 2.05) is 6.08 Å². The minimum absolute atomic E-state index is 0.161. The van der Waals surface area contributed by atoms with Gasteiger partial charge in [-0.05, 0) is 18.8 Å². The van der Waals surface area contributed by atoms with Crippen molar-refractivity contribution in [2.24, 2.45) is 5.92 Å². The van der Waals surface area contributed by atoms with Crippen LogP contribution in [0.2, 0.25) is 0 Å². The summed E-state index contributed by atoms with van der Waals surface area (Å²) in [6.45, 7) is 4.54. The Hall–Kier alpha value is -0.790. The Morgan fingerprint density at radius 1 is 1.06 bits per heavy atom. The first-order chi connectivity index (χ1) is 7.63. The average Bonchev–Trinajstić information content (AvgIpc) is 2.20. The van der Waals surface area contributed by atoms with Crippen LogP contribution in [0.15, 0.2) is 12.2 Å². The molecule has 0 rings (SSSR count). The number of rotatable bonds is 10. The average molecular weight is 226 g/mol. The first kappa shape index (κ1) is 15.2. The molecule has 0 fully saturated rings. The van der Waals surface area contributed by atoms with Gasteiger partial charge < -0.3 is 5.11 Å². The first-order valence-electron chi connectivity index (χ1n) is 6.49. The van der Waals surface area contributed by atoms with E-state index in [0.29, 0.717) is 0 Å². The number of hydrogen-bond donors (Lipinski definition) is 1. The molecule has 0 heterocycles. The van der Waals surface area contributed by atoms with Gasteiger partial charge in [-0.1, -0.05) is 58.1 Å². The second kappa shape index (κ2) is 10.7. The lowest BCUT2D eigenvalue weighted by molar-refractivity contribution is -0.136. The van der Waals surface area contributed by atoms with E-state index in [4.69, 9.17) is 5.11 Å². The zero-order valence-corrected chi connectivity index (χ0v) is 10.7. The summed E-state index contributed by atoms with van der Waals surface area (Å²) in [4.78, 5) is 10.2. The minimum Gasteiger partial charge on any atom is -0.481 e. The number of unbranched alkanes of at least 4 members (excludes halogenated alkanes) is 5. The molecule has 2 nitrogen and oxygen atoms in total. The molecule has 0 aliphatic carbocycles. The first-order valence-corrected chi connectivity index (χ1v) is 6.49. The normalized spacial score (nSPS) is 11.4. The Balaban J connectivity index is 3.09. The fourth-order valence-corrected chi connectivity index (χ4v) is 1.65. The Bertz CT molecular complexity index is 195. The molecule has 0 spiro atoms. The Morgan fingerprint density at radius 2 is 1.69 bits per heavy atom. The molecule has 94 valence electrons. The van der Waals surface area contributed by atoms with Crippen LogP contribution in [0.25, 0.3) is 0 Å². The van der Waals surface area contributed by atoms with Gasteiger partial charge in [0.2, 0.25) is 0 Å². The lowest BCUT2D eigenvalue weighted by Crippen LogP contribution is -1.89. The molecule has 0 aliphatic heterocycles. The third-order valence-corrected chi connectivity index (χ3v) is 2.61. The number of hydrogen-bond acceptors (Lipinski definition) is 1. The summed E-state index contributed by atoms with van der Waals surface area (Å²) in [5.41, 5.74) is 0. The van der Waals surface area contributed by atoms with E-state index in [1.54, 1.807) is 6.08 Å². The van der Waals surface area contributed by atoms with Crippen LogP contribution >= 0.6 is 0 Å². The Morgan fingerprint density at radius 3 is 2.31 bits per heavy atom. The molecule has 0 aromatic carbocycles. The number of allylic oxidation sites excluding steroid dienone is 1. The van der Waals surface area contributed by atoms with Crippen molar-refractivity contribution in [3.05, 3.63) is 12.2 Å². The molecular weight excluding hydrogens is 200 g/mol. The third kappa shape index (κ3) is 13.2. The van der Waals surface area contributed by atoms with E-state index in [0.717, 1.165) is 12.3 Å². The predicted molar refractivity (Wildman–Crippen MR) is 68.5 cm³/mol. The number of aliphatic carboxylic acids is 1. The van der Waals surface area contributed by atoms with E-state index in [1.165, 1.54) is 38.5 Å². The fourth-order valence-electron chi connectivity index (χ4n) is 1.65. The summed E-state index contributed by atoms with van der Waals surface area (Å²) < 4.78 is 0. The summed E-state index contributed by atoms with van der Waals surface area (Å²) in [6, 6.07) is 0. The topological polar surface area (TPSA) is 37.3 Å². The van der Waals surface area contributed by atoms with Crippen molar-refractivity contribution in [2.45, 2.75) is 65.2 Å². The summed E-state index contributed by atoms with van der Waals surface area (Å²) in [5.74, 6) is 0.0869. The molecule has 0 atom stereocenters. The molecule has 1 N–H and O–H groups in total. The quantitative estimate of drug-likeness (QED) is 0.442. The van der Waals surface area contributed by atoms with Gasteiger partial charge in [-0.2, -0.15) is 0 Å². The van der Waals surface area contributed by atoms with Crippen LogP contribution in [-0.4, -0.2) is 11.1 Å². The standard InChI is InChI=1S/C14H26O2/c1-13(2)11-9-7-5-3-4-6-8-10-12-14(15)16/h8,10,13H,3-7,9,11-12H2,1-2H3,(H,15,16)/b10-8+. The largest absolute Gasteiger partial charge is 0.481 e. The molecule has 0 unspecified atom stereocenters. The van der Waals surface area contributed by atoms with E-state index in [2.05, 4.69) is 13.8 Å². The van der Waals surface area contributed by atoms with Gasteiger partial charge in [0, 0.05) is 0 Å². The molecule has 0 bridgehead atoms. The molecule has 0 saturated heterocycles. The van der Waals surface area contributed by atoms with Crippen LogP contribution in [-0.2, 0) is 4.79 Å². The van der Waals surface area contributed by atoms with Gasteiger partial charge in [0.15, 0.2) is 0 Å². The van der Waals surface area contributed by atoms with Crippen LogP contribution in [0, 0.1) is 5.92 Å². The lowest BCUT2D eigenvalue weighted by Gasteiger charge is -2.03. The van der Waals surface area contributed by atoms with Gasteiger partial charge >= 0.3 is 5.97 Å². The van der Waals surface area contributed by atoms with Crippen LogP contribution in [0.4, 0.5) is 0 Å². The van der Waals surface area contributed by atoms with Gasteiger partial charge in [-0.25, -0.2) is 0 Å². The maximum atomic E-state index is 10.2. The molecule has 0 radical (unpaired) electrons. The summed E-state index contributed by atoms with van der Waals surface area (Å²) in [5, 5.41) is 8.41. The monoisotopic (exact) mass is 226 g/mol. The molecule has 0 aromatic rings. The van der Waals surface area contributed by atoms with Gasteiger partial charge in [0.05, 0.1) is 6.42 Å². The summed E-state index contributed by atoms with van der Waals surface area (Å²) in [6.07, 6.45) is 12.8. The van der Waals surface area contributed by atoms with Gasteiger partial charge in [-0.3, -0.25) is 4.79 Å². The minimum atomic E-state index is -0.745. The summed E-state index contributed by atoms with van der Waals surface area (Å²) in [7, 11) is 0. The maximum absolute atomic E-state index is 10.2. The van der Waals surface area contributed by atoms with Crippen LogP contribution in [0.3, 0.4) is 0 Å². The zero-order valence-electron chi connectivity index (χ0n) is 10.7. The van der Waals surface area contributed by atoms with Crippen LogP contribution in [0.1, 0.15) is 65.2 Å². The van der Waals surface area contributed by atoms with Crippen LogP contribution in [0.5, 0.6) is 0 Å². The highest BCUT2D eigenvalue weighted by molar-refractivity contribution is 5.68. The van der Waals surface area contributed by atoms with Crippen molar-refractivity contribution in [3.8, 4) is 0 Å². The molecule has 2 heteroatoms. The van der Waals surface area contributed by atoms with Crippen molar-refractivity contribution in [3.63, 3.8) is 0 Å². The van der Waals surface area contributed by atoms with E-state index in [-0.39, 0.29) is 6.42 Å². The zero-order chi connectivity index (χ0) is 12.2. The van der Waals surface area contributed by atoms with Crippen molar-refractivity contribution in [2.75, 3.05) is 0 Å². The maximum Gasteiger partial charge on any atom is 0.307 e. The Kier molecular flexibility index (Phi) is 10.2. The lowest BCUT2D eigenvalue weighted by atomic mass is 10.0. The third-order valence-electron chi connectivity index (χ3n) is 2.61. The molecule has 0 amide bonds. The highest BCUT2D eigenvalue weighted by Gasteiger charge is 1.94. The number of carbonyl (C=O) groups is 1. The van der Waals surface area contributed by atoms with Crippen LogP contribution < -0.4 is 0 Å². The van der Waals surface area contributed by atoms with E-state index < -0.39 is 5.97 Å². The highest BCUT2D eigenvalue weighted by Crippen LogP contribution is 2.11. The van der Waals surface area contributed by atoms with Crippen molar-refractivity contribution in [1.82, 2.24) is 0 Å². The molecule has 0 aliphatic rings. The van der Waals surface area contributed by atoms with E-state index >= 15 is 0 Å². The number of carboxylic acids is 1. The Labute approximate surface area is 99.7 Å². The molecule has 0 saturated carbocycles. The highest BCUT2D eigenvalue weighted by atomic mass is 16.4. The molecular formula is C14H26O2.